The predicted octanol–water partition coefficient (Wildman–Crippen LogP) is -12.7. The number of nitrogens with zero attached hydrogens (tertiary/aromatic N) is 3. The number of carbonyl (C=O) groups is 19. The number of nitrogens with one attached hydrogen (secondary N) is 23. The van der Waals surface area contributed by atoms with Crippen LogP contribution in [-0.4, -0.2) is 348 Å². The minimum Gasteiger partial charge on any atom is -0.480 e. The average Bonchev–Trinajstić information content (AvgIpc) is 1.40. The minimum absolute atomic E-state index is 0.00833. The number of hydrogen-bond donors (Lipinski definition) is 36. The number of H-pyrrole nitrogens is 2. The normalized spacial score (nSPS) is 16.2. The van der Waals surface area contributed by atoms with Crippen LogP contribution in [0.4, 0.5) is 0 Å². The highest BCUT2D eigenvalue weighted by atomic mass is 16.4. The third-order valence-electron chi connectivity index (χ3n) is 23.3. The first-order valence-corrected chi connectivity index (χ1v) is 48.0. The van der Waals surface area contributed by atoms with Crippen LogP contribution in [0.3, 0.4) is 0 Å². The minimum atomic E-state index is -2.11. The lowest BCUT2D eigenvalue weighted by molar-refractivity contribution is -0.144. The maximum Gasteiger partial charge on any atom is 0.326 e. The SMILES string of the molecule is CC[C@H](C)[C@H](NC(=O)[C@H](CC(N)=O)NC(=O)[C@H](CCCCN)NC(=O)[C@H](CC(C)C)NC(=O)[C@H](CCCNC(=N)N)NC(=O)[C@H](Cc1cnc[nH]1)NC(=O)[C@H](CO)NC(=O)[C@@H](NC(=O)[C@H](CCC(N)=O)NC(=O)[C@H](CCCCN)NC(=O)[C@H](CCCNC(=N)N)NC(=O)[C@H](CO)NC(=O)[C@H](CCCNC(=N)N)NC(=O)[C@@H](N)[C@@H](C)O)[C@@H](C)O)C(=O)N1CCC[C@H]1C(=O)N[C@H](C(=O)N[C@@H](Cc1cnc[nH]1)C(=O)O)C(C)C. The maximum atomic E-state index is 14.9. The summed E-state index contributed by atoms with van der Waals surface area (Å²) < 4.78 is 0. The molecule has 814 valence electrons. The third-order valence-corrected chi connectivity index (χ3v) is 23.3. The Morgan fingerprint density at radius 1 is 0.421 bits per heavy atom. The molecular weight excluding hydrogens is 1910 g/mol. The van der Waals surface area contributed by atoms with Crippen LogP contribution in [0.2, 0.25) is 0 Å². The zero-order chi connectivity index (χ0) is 109. The molecule has 0 bridgehead atoms. The van der Waals surface area contributed by atoms with E-state index in [-0.39, 0.29) is 148 Å². The zero-order valence-corrected chi connectivity index (χ0v) is 83.0. The van der Waals surface area contributed by atoms with E-state index in [0.717, 1.165) is 6.92 Å². The lowest BCUT2D eigenvalue weighted by atomic mass is 9.96. The molecule has 58 heteroatoms. The molecule has 44 N–H and O–H groups in total. The standard InChI is InChI=1S/C87H152N34O24/c1-9-44(6)66(83(143)121-31-17-23-61(121)79(139)118-65(43(4)5)81(141)115-58(84(144)145)34-48-37-100-41-105-48)119-76(136)57(35-63(91)127)114-70(130)50(19-11-13-27-89)107-74(134)55(32-42(2)3)112-71(131)52(21-15-29-102-86(95)96)108-75(135)56(33-47-36-99-40-104-47)113-78(138)60(39-123)117-82(142)67(46(8)125)120-73(133)54(24-25-62(90)126)110-68(128)49(18-10-12-26-88)106-69(129)51(20-14-28-101-85(93)94)109-77(137)59(38-122)116-72(132)53(22-16-30-103-87(97)98)111-80(140)64(92)45(7)124/h36-37,40-46,49-61,64-67,122-125H,9-35,38-39,88-89,92H2,1-8H3,(H2,90,126)(H2,91,127)(H,99,104)(H,100,105)(H,106,129)(H,107,134)(H,108,135)(H,109,137)(H,110,128)(H,111,140)(H,112,131)(H,113,138)(H,114,130)(H,115,141)(H,116,132)(H,117,142)(H,118,139)(H,119,136)(H,120,133)(H,144,145)(H4,93,94,101)(H4,95,96,102)(H4,97,98,103)/t44-,45+,46+,49-,50-,51-,52-,53-,54-,55-,56-,57-,58-,59-,60-,61-,64-,65-,66-,67-/m0/s1. The molecule has 20 atom stereocenters. The van der Waals surface area contributed by atoms with Gasteiger partial charge in [-0.3, -0.25) is 103 Å². The Morgan fingerprint density at radius 3 is 1.15 bits per heavy atom. The van der Waals surface area contributed by atoms with Crippen molar-refractivity contribution >= 4 is 130 Å². The zero-order valence-electron chi connectivity index (χ0n) is 83.0. The molecule has 3 heterocycles. The number of unbranched alkanes of at least 4 members (excludes halogenated alkanes) is 2. The Balaban J connectivity index is 1.98. The Kier molecular flexibility index (Phi) is 56.2. The van der Waals surface area contributed by atoms with E-state index < -0.39 is 302 Å². The number of carboxylic acid groups (broad SMARTS) is 1. The lowest BCUT2D eigenvalue weighted by Gasteiger charge is -2.33. The molecule has 0 spiro atoms. The number of amides is 18. The fourth-order valence-corrected chi connectivity index (χ4v) is 14.9. The fraction of sp³-hybridized carbons (Fsp3) is 0.678. The summed E-state index contributed by atoms with van der Waals surface area (Å²) in [6, 6.07) is -27.9. The first kappa shape index (κ1) is 125. The molecule has 2 aromatic rings. The van der Waals surface area contributed by atoms with Gasteiger partial charge in [0.15, 0.2) is 17.9 Å². The molecule has 1 fully saturated rings. The summed E-state index contributed by atoms with van der Waals surface area (Å²) in [5.74, 6) is -23.7. The average molecular weight is 2060 g/mol. The number of rotatable bonds is 70. The van der Waals surface area contributed by atoms with Gasteiger partial charge in [-0.15, -0.1) is 0 Å². The van der Waals surface area contributed by atoms with Crippen LogP contribution in [0.1, 0.15) is 189 Å². The topological polar surface area (TPSA) is 982 Å². The number of carbonyl (C=O) groups excluding carboxylic acids is 18. The molecule has 1 aliphatic heterocycles. The van der Waals surface area contributed by atoms with Crippen molar-refractivity contribution in [3.05, 3.63) is 36.4 Å². The lowest BCUT2D eigenvalue weighted by Crippen LogP contribution is -2.63. The number of aromatic nitrogens is 4. The molecule has 3 rings (SSSR count). The summed E-state index contributed by atoms with van der Waals surface area (Å²) in [6.07, 6.45) is -0.766. The smallest absolute Gasteiger partial charge is 0.326 e. The third kappa shape index (κ3) is 45.6. The molecule has 0 aliphatic carbocycles. The fourth-order valence-electron chi connectivity index (χ4n) is 14.9. The molecule has 0 radical (unpaired) electrons. The molecule has 2 aromatic heterocycles. The number of carboxylic acids is 1. The number of aliphatic hydroxyl groups is 4. The molecule has 0 saturated carbocycles. The van der Waals surface area contributed by atoms with E-state index in [4.69, 9.17) is 62.1 Å². The van der Waals surface area contributed by atoms with Crippen LogP contribution in [0.15, 0.2) is 25.0 Å². The van der Waals surface area contributed by atoms with Crippen molar-refractivity contribution < 1.29 is 117 Å². The Bertz CT molecular complexity index is 4610. The van der Waals surface area contributed by atoms with Crippen molar-refractivity contribution in [3.8, 4) is 0 Å². The van der Waals surface area contributed by atoms with Gasteiger partial charge in [0.25, 0.3) is 0 Å². The highest BCUT2D eigenvalue weighted by Gasteiger charge is 2.45. The monoisotopic (exact) mass is 2060 g/mol. The number of hydrogen-bond acceptors (Lipinski definition) is 31. The van der Waals surface area contributed by atoms with Crippen LogP contribution in [0.25, 0.3) is 0 Å². The van der Waals surface area contributed by atoms with Gasteiger partial charge < -0.3 is 182 Å². The molecular formula is C87H152N34O24. The van der Waals surface area contributed by atoms with Crippen molar-refractivity contribution in [3.63, 3.8) is 0 Å². The van der Waals surface area contributed by atoms with E-state index in [2.05, 4.69) is 116 Å². The number of imidazole rings is 2. The van der Waals surface area contributed by atoms with Crippen molar-refractivity contribution in [1.29, 1.82) is 16.2 Å². The molecule has 0 aromatic carbocycles. The first-order chi connectivity index (χ1) is 68.4. The van der Waals surface area contributed by atoms with E-state index in [9.17, 15) is 117 Å². The van der Waals surface area contributed by atoms with Crippen LogP contribution in [0.5, 0.6) is 0 Å². The Labute approximate surface area is 837 Å². The van der Waals surface area contributed by atoms with Crippen LogP contribution < -0.4 is 142 Å². The first-order valence-electron chi connectivity index (χ1n) is 48.0. The number of guanidine groups is 3. The second-order valence-electron chi connectivity index (χ2n) is 36.1. The van der Waals surface area contributed by atoms with Gasteiger partial charge in [0.05, 0.1) is 44.5 Å². The number of nitrogens with two attached hydrogens (primary N) is 8. The summed E-state index contributed by atoms with van der Waals surface area (Å²) in [7, 11) is 0. The van der Waals surface area contributed by atoms with E-state index in [1.54, 1.807) is 41.5 Å². The van der Waals surface area contributed by atoms with Crippen molar-refractivity contribution in [2.24, 2.45) is 63.6 Å². The van der Waals surface area contributed by atoms with Gasteiger partial charge in [0.1, 0.15) is 103 Å². The molecule has 18 amide bonds. The molecule has 1 saturated heterocycles. The summed E-state index contributed by atoms with van der Waals surface area (Å²) in [5, 5.41) is 120. The van der Waals surface area contributed by atoms with Gasteiger partial charge in [-0.05, 0) is 147 Å². The second-order valence-corrected chi connectivity index (χ2v) is 36.1. The largest absolute Gasteiger partial charge is 0.480 e. The Morgan fingerprint density at radius 2 is 0.772 bits per heavy atom. The summed E-state index contributed by atoms with van der Waals surface area (Å²) in [4.78, 5) is 282. The number of aliphatic hydroxyl groups excluding tert-OH is 4. The molecule has 58 nitrogen and oxygen atoms in total. The van der Waals surface area contributed by atoms with Gasteiger partial charge in [-0.1, -0.05) is 48.0 Å². The van der Waals surface area contributed by atoms with E-state index in [1.807, 2.05) is 0 Å². The second kappa shape index (κ2) is 65.2. The molecule has 1 aliphatic rings. The van der Waals surface area contributed by atoms with Crippen LogP contribution >= 0.6 is 0 Å². The summed E-state index contributed by atoms with van der Waals surface area (Å²) in [5.41, 5.74) is 45.6. The van der Waals surface area contributed by atoms with Crippen molar-refractivity contribution in [2.45, 2.75) is 305 Å². The van der Waals surface area contributed by atoms with Gasteiger partial charge >= 0.3 is 5.97 Å². The van der Waals surface area contributed by atoms with E-state index in [1.165, 1.54) is 36.9 Å². The number of aliphatic carboxylic acids is 1. The van der Waals surface area contributed by atoms with Crippen LogP contribution in [-0.2, 0) is 104 Å². The number of likely N-dealkylation sites (tertiary alicyclic amines) is 1. The van der Waals surface area contributed by atoms with Crippen molar-refractivity contribution in [1.82, 2.24) is 121 Å². The number of primary amides is 2. The summed E-state index contributed by atoms with van der Waals surface area (Å²) in [6.45, 7) is 9.84. The maximum absolute atomic E-state index is 14.9. The highest BCUT2D eigenvalue weighted by molar-refractivity contribution is 6.02. The van der Waals surface area contributed by atoms with Gasteiger partial charge in [0.2, 0.25) is 106 Å². The Hall–Kier alpha value is -14.1. The predicted molar refractivity (Wildman–Crippen MR) is 521 cm³/mol. The quantitative estimate of drug-likeness (QED) is 0.0166. The molecule has 0 unspecified atom stereocenters. The van der Waals surface area contributed by atoms with Gasteiger partial charge in [-0.25, -0.2) is 14.8 Å². The van der Waals surface area contributed by atoms with Gasteiger partial charge in [-0.2, -0.15) is 0 Å². The summed E-state index contributed by atoms with van der Waals surface area (Å²) >= 11 is 0. The molecule has 145 heavy (non-hydrogen) atoms. The number of aromatic amines is 2. The van der Waals surface area contributed by atoms with Gasteiger partial charge in [0, 0.05) is 69.2 Å². The van der Waals surface area contributed by atoms with Crippen LogP contribution in [0, 0.1) is 34.0 Å². The highest BCUT2D eigenvalue weighted by Crippen LogP contribution is 2.24. The van der Waals surface area contributed by atoms with E-state index in [0.29, 0.717) is 12.1 Å². The van der Waals surface area contributed by atoms with E-state index >= 15 is 0 Å². The van der Waals surface area contributed by atoms with Crippen molar-refractivity contribution in [2.75, 3.05) is 52.5 Å².